The van der Waals surface area contributed by atoms with Crippen molar-refractivity contribution in [2.45, 2.75) is 20.3 Å². The van der Waals surface area contributed by atoms with Crippen LogP contribution in [0, 0.1) is 0 Å². The number of Topliss-reactive ketones (excluding diaryl/α,β-unsaturated/α-hetero) is 1. The maximum absolute atomic E-state index is 9.69. The van der Waals surface area contributed by atoms with Gasteiger partial charge in [-0.15, -0.1) is 0 Å². The summed E-state index contributed by atoms with van der Waals surface area (Å²) in [7, 11) is 0. The Labute approximate surface area is 73.0 Å². The van der Waals surface area contributed by atoms with Gasteiger partial charge in [0.25, 0.3) is 0 Å². The molecule has 0 aliphatic carbocycles. The molecule has 0 rings (SSSR count). The first-order chi connectivity index (χ1) is 5.54. The average Bonchev–Trinajstić information content (AvgIpc) is 2.02. The highest BCUT2D eigenvalue weighted by molar-refractivity contribution is 5.77. The summed E-state index contributed by atoms with van der Waals surface area (Å²) >= 11 is 0. The highest BCUT2D eigenvalue weighted by Gasteiger charge is 1.77. The van der Waals surface area contributed by atoms with Gasteiger partial charge in [0, 0.05) is 6.54 Å². The Hall–Kier alpha value is -1.10. The molecule has 0 spiro atoms. The predicted octanol–water partition coefficient (Wildman–Crippen LogP) is -0.796. The number of rotatable bonds is 3. The van der Waals surface area contributed by atoms with E-state index in [0.29, 0.717) is 0 Å². The summed E-state index contributed by atoms with van der Waals surface area (Å²) in [5.41, 5.74) is 14.8. The molecule has 0 aliphatic heterocycles. The molecule has 0 radical (unpaired) electrons. The van der Waals surface area contributed by atoms with Crippen LogP contribution in [0.4, 0.5) is 0 Å². The fraction of sp³-hybridized carbons (Fsp3) is 0.714. The topological polar surface area (TPSA) is 107 Å². The number of nitrogens with zero attached hydrogens (tertiary/aromatic N) is 1. The second kappa shape index (κ2) is 9.90. The van der Waals surface area contributed by atoms with Crippen molar-refractivity contribution in [2.24, 2.45) is 22.2 Å². The van der Waals surface area contributed by atoms with E-state index in [-0.39, 0.29) is 18.3 Å². The molecule has 0 saturated carbocycles. The number of carbonyl (C=O) groups is 1. The normalized spacial score (nSPS) is 7.92. The Morgan fingerprint density at radius 3 is 1.92 bits per heavy atom. The van der Waals surface area contributed by atoms with Crippen molar-refractivity contribution in [1.82, 2.24) is 0 Å². The van der Waals surface area contributed by atoms with Crippen molar-refractivity contribution in [1.29, 1.82) is 0 Å². The van der Waals surface area contributed by atoms with Crippen molar-refractivity contribution in [3.8, 4) is 0 Å². The van der Waals surface area contributed by atoms with Gasteiger partial charge in [-0.25, -0.2) is 0 Å². The van der Waals surface area contributed by atoms with Crippen LogP contribution in [-0.4, -0.2) is 24.8 Å². The van der Waals surface area contributed by atoms with Gasteiger partial charge in [0.1, 0.15) is 5.78 Å². The van der Waals surface area contributed by atoms with E-state index >= 15 is 0 Å². The van der Waals surface area contributed by atoms with Crippen LogP contribution in [0.1, 0.15) is 20.3 Å². The minimum absolute atomic E-state index is 0.0324. The average molecular weight is 174 g/mol. The molecule has 0 aromatic carbocycles. The molecule has 6 N–H and O–H groups in total. The van der Waals surface area contributed by atoms with Gasteiger partial charge in [0.15, 0.2) is 5.96 Å². The number of hydrogen-bond donors (Lipinski definition) is 3. The molecule has 0 amide bonds. The molecule has 5 heteroatoms. The molecule has 12 heavy (non-hydrogen) atoms. The van der Waals surface area contributed by atoms with Gasteiger partial charge in [0.2, 0.25) is 0 Å². The molecule has 0 bridgehead atoms. The highest BCUT2D eigenvalue weighted by atomic mass is 16.1. The van der Waals surface area contributed by atoms with Crippen molar-refractivity contribution in [3.63, 3.8) is 0 Å². The second-order valence-corrected chi connectivity index (χ2v) is 2.21. The monoisotopic (exact) mass is 174 g/mol. The molecule has 0 aromatic heterocycles. The Bertz CT molecular complexity index is 140. The summed E-state index contributed by atoms with van der Waals surface area (Å²) in [6.45, 7) is 4.38. The zero-order chi connectivity index (χ0) is 9.98. The van der Waals surface area contributed by atoms with Crippen molar-refractivity contribution in [2.75, 3.05) is 13.1 Å². The summed E-state index contributed by atoms with van der Waals surface area (Å²) in [5, 5.41) is 0. The minimum atomic E-state index is 0.0324. The van der Waals surface area contributed by atoms with Crippen LogP contribution in [0.3, 0.4) is 0 Å². The van der Waals surface area contributed by atoms with Gasteiger partial charge >= 0.3 is 0 Å². The summed E-state index contributed by atoms with van der Waals surface area (Å²) in [5.74, 6) is 0.215. The Morgan fingerprint density at radius 1 is 1.42 bits per heavy atom. The van der Waals surface area contributed by atoms with Gasteiger partial charge in [-0.2, -0.15) is 0 Å². The van der Waals surface area contributed by atoms with Crippen LogP contribution >= 0.6 is 0 Å². The smallest absolute Gasteiger partial charge is 0.185 e. The molecule has 0 fully saturated rings. The summed E-state index contributed by atoms with van der Waals surface area (Å²) < 4.78 is 0. The number of carbonyl (C=O) groups excluding carboxylic acids is 1. The van der Waals surface area contributed by atoms with Crippen LogP contribution in [0.15, 0.2) is 4.99 Å². The van der Waals surface area contributed by atoms with Gasteiger partial charge < -0.3 is 17.2 Å². The predicted molar refractivity (Wildman–Crippen MR) is 50.7 cm³/mol. The SMILES string of the molecule is CC(=O)CN.CCCN=C(N)N. The first kappa shape index (κ1) is 13.5. The summed E-state index contributed by atoms with van der Waals surface area (Å²) in [4.78, 5) is 13.4. The van der Waals surface area contributed by atoms with Gasteiger partial charge in [0.05, 0.1) is 6.54 Å². The minimum Gasteiger partial charge on any atom is -0.370 e. The maximum Gasteiger partial charge on any atom is 0.185 e. The van der Waals surface area contributed by atoms with Crippen molar-refractivity contribution in [3.05, 3.63) is 0 Å². The third-order valence-electron chi connectivity index (χ3n) is 0.805. The van der Waals surface area contributed by atoms with Gasteiger partial charge in [-0.3, -0.25) is 9.79 Å². The van der Waals surface area contributed by atoms with E-state index in [1.807, 2.05) is 6.92 Å². The number of aliphatic imine (C=N–C) groups is 1. The molecule has 0 heterocycles. The largest absolute Gasteiger partial charge is 0.370 e. The first-order valence-electron chi connectivity index (χ1n) is 3.79. The van der Waals surface area contributed by atoms with Crippen molar-refractivity contribution >= 4 is 11.7 Å². The lowest BCUT2D eigenvalue weighted by Gasteiger charge is -1.86. The Kier molecular flexibility index (Phi) is 11.1. The molecule has 0 unspecified atom stereocenters. The van der Waals surface area contributed by atoms with E-state index in [1.54, 1.807) is 0 Å². The number of hydrogen-bond acceptors (Lipinski definition) is 3. The lowest BCUT2D eigenvalue weighted by molar-refractivity contribution is -0.115. The molecular weight excluding hydrogens is 156 g/mol. The molecule has 72 valence electrons. The van der Waals surface area contributed by atoms with Gasteiger partial charge in [-0.1, -0.05) is 6.92 Å². The maximum atomic E-state index is 9.69. The molecule has 0 atom stereocenters. The number of ketones is 1. The second-order valence-electron chi connectivity index (χ2n) is 2.21. The van der Waals surface area contributed by atoms with Crippen LogP contribution in [0.5, 0.6) is 0 Å². The van der Waals surface area contributed by atoms with E-state index in [1.165, 1.54) is 6.92 Å². The van der Waals surface area contributed by atoms with Crippen LogP contribution in [0.25, 0.3) is 0 Å². The Morgan fingerprint density at radius 2 is 1.83 bits per heavy atom. The molecular formula is C7H18N4O. The fourth-order valence-corrected chi connectivity index (χ4v) is 0.241. The number of guanidine groups is 1. The van der Waals surface area contributed by atoms with E-state index in [0.717, 1.165) is 13.0 Å². The van der Waals surface area contributed by atoms with E-state index in [9.17, 15) is 4.79 Å². The zero-order valence-electron chi connectivity index (χ0n) is 7.71. The van der Waals surface area contributed by atoms with Crippen LogP contribution < -0.4 is 17.2 Å². The fourth-order valence-electron chi connectivity index (χ4n) is 0.241. The lowest BCUT2D eigenvalue weighted by atomic mass is 10.5. The zero-order valence-corrected chi connectivity index (χ0v) is 7.71. The molecule has 0 aliphatic rings. The standard InChI is InChI=1S/C4H11N3.C3H7NO/c1-2-3-7-4(5)6;1-3(5)2-4/h2-3H2,1H3,(H4,5,6,7);2,4H2,1H3. The third-order valence-corrected chi connectivity index (χ3v) is 0.805. The number of nitrogens with two attached hydrogens (primary N) is 3. The lowest BCUT2D eigenvalue weighted by Crippen LogP contribution is -2.22. The van der Waals surface area contributed by atoms with Crippen molar-refractivity contribution < 1.29 is 4.79 Å². The van der Waals surface area contributed by atoms with Crippen LogP contribution in [-0.2, 0) is 4.79 Å². The quantitative estimate of drug-likeness (QED) is 0.384. The van der Waals surface area contributed by atoms with E-state index < -0.39 is 0 Å². The van der Waals surface area contributed by atoms with E-state index in [2.05, 4.69) is 4.99 Å². The first-order valence-corrected chi connectivity index (χ1v) is 3.79. The third kappa shape index (κ3) is 23.1. The van der Waals surface area contributed by atoms with E-state index in [4.69, 9.17) is 17.2 Å². The molecule has 0 aromatic rings. The van der Waals surface area contributed by atoms with Crippen LogP contribution in [0.2, 0.25) is 0 Å². The van der Waals surface area contributed by atoms with Gasteiger partial charge in [-0.05, 0) is 13.3 Å². The summed E-state index contributed by atoms with van der Waals surface area (Å²) in [6, 6.07) is 0. The Balaban J connectivity index is 0. The molecule has 5 nitrogen and oxygen atoms in total. The molecule has 0 saturated heterocycles. The highest BCUT2D eigenvalue weighted by Crippen LogP contribution is 1.73. The summed E-state index contributed by atoms with van der Waals surface area (Å²) in [6.07, 6.45) is 0.998.